The van der Waals surface area contributed by atoms with E-state index in [1.807, 2.05) is 12.1 Å². The zero-order chi connectivity index (χ0) is 20.9. The molecule has 6 rings (SSSR count). The van der Waals surface area contributed by atoms with Gasteiger partial charge < -0.3 is 10.2 Å². The first-order valence-electron chi connectivity index (χ1n) is 11.2. The minimum Gasteiger partial charge on any atom is -0.326 e. The topological polar surface area (TPSA) is 99.3 Å². The number of non-ortho nitro benzene ring substituents is 1. The summed E-state index contributed by atoms with van der Waals surface area (Å²) in [5.41, 5.74) is 1.39. The van der Waals surface area contributed by atoms with Crippen molar-refractivity contribution < 1.29 is 9.72 Å². The Hall–Kier alpha value is -2.46. The summed E-state index contributed by atoms with van der Waals surface area (Å²) in [6, 6.07) is 9.17. The van der Waals surface area contributed by atoms with Gasteiger partial charge in [0.25, 0.3) is 5.69 Å². The first-order valence-corrected chi connectivity index (χ1v) is 11.2. The minimum absolute atomic E-state index is 0.0273. The van der Waals surface area contributed by atoms with Crippen LogP contribution in [-0.4, -0.2) is 40.4 Å². The molecule has 0 radical (unpaired) electrons. The van der Waals surface area contributed by atoms with E-state index in [-0.39, 0.29) is 33.5 Å². The molecule has 7 heteroatoms. The highest BCUT2D eigenvalue weighted by molar-refractivity contribution is 5.79. The minimum atomic E-state index is -0.340. The predicted molar refractivity (Wildman–Crippen MR) is 111 cm³/mol. The van der Waals surface area contributed by atoms with E-state index in [1.165, 1.54) is 18.4 Å². The Bertz CT molecular complexity index is 910. The molecule has 7 nitrogen and oxygen atoms in total. The number of nitro benzene ring substituents is 1. The number of nitriles is 1. The molecule has 158 valence electrons. The number of hydrogen-bond acceptors (Lipinski definition) is 5. The lowest BCUT2D eigenvalue weighted by atomic mass is 9.65. The molecule has 1 saturated heterocycles. The fourth-order valence-corrected chi connectivity index (χ4v) is 7.18. The molecular weight excluding hydrogens is 380 g/mol. The number of hydrogen-bond donors (Lipinski definition) is 1. The number of nitrogens with zero attached hydrogens (tertiary/aromatic N) is 3. The van der Waals surface area contributed by atoms with Gasteiger partial charge in [-0.1, -0.05) is 18.6 Å². The molecule has 1 aromatic rings. The number of nitro groups is 1. The van der Waals surface area contributed by atoms with Crippen molar-refractivity contribution >= 4 is 11.6 Å². The quantitative estimate of drug-likeness (QED) is 0.595. The predicted octanol–water partition coefficient (Wildman–Crippen LogP) is 3.29. The fourth-order valence-electron chi connectivity index (χ4n) is 7.18. The van der Waals surface area contributed by atoms with Crippen LogP contribution in [0.15, 0.2) is 24.3 Å². The molecule has 5 atom stereocenters. The highest BCUT2D eigenvalue weighted by atomic mass is 16.6. The largest absolute Gasteiger partial charge is 0.326 e. The van der Waals surface area contributed by atoms with Gasteiger partial charge in [0.2, 0.25) is 5.91 Å². The van der Waals surface area contributed by atoms with E-state index in [4.69, 9.17) is 0 Å². The molecule has 4 aliphatic carbocycles. The molecule has 4 bridgehead atoms. The van der Waals surface area contributed by atoms with Gasteiger partial charge in [0, 0.05) is 24.2 Å². The average Bonchev–Trinajstić information content (AvgIpc) is 3.38. The lowest BCUT2D eigenvalue weighted by Crippen LogP contribution is -2.53. The van der Waals surface area contributed by atoms with Crippen LogP contribution >= 0.6 is 0 Å². The molecular formula is C23H28N4O3. The van der Waals surface area contributed by atoms with Crippen LogP contribution in [-0.2, 0) is 10.2 Å². The van der Waals surface area contributed by atoms with Crippen LogP contribution in [0.1, 0.15) is 56.9 Å². The van der Waals surface area contributed by atoms with Crippen molar-refractivity contribution in [2.75, 3.05) is 13.1 Å². The molecule has 4 unspecified atom stereocenters. The van der Waals surface area contributed by atoms with Crippen LogP contribution in [0.5, 0.6) is 0 Å². The van der Waals surface area contributed by atoms with Crippen LogP contribution in [0.4, 0.5) is 5.69 Å². The number of nitrogens with one attached hydrogen (secondary N) is 1. The summed E-state index contributed by atoms with van der Waals surface area (Å²) < 4.78 is 0. The van der Waals surface area contributed by atoms with E-state index < -0.39 is 0 Å². The zero-order valence-electron chi connectivity index (χ0n) is 17.2. The summed E-state index contributed by atoms with van der Waals surface area (Å²) in [5, 5.41) is 24.1. The number of rotatable bonds is 5. The van der Waals surface area contributed by atoms with Crippen molar-refractivity contribution in [2.24, 2.45) is 11.8 Å². The van der Waals surface area contributed by atoms with Gasteiger partial charge in [-0.2, -0.15) is 5.26 Å². The molecule has 1 amide bonds. The normalized spacial score (nSPS) is 36.6. The van der Waals surface area contributed by atoms with Gasteiger partial charge in [-0.3, -0.25) is 14.9 Å². The van der Waals surface area contributed by atoms with Crippen molar-refractivity contribution in [3.05, 3.63) is 39.9 Å². The Morgan fingerprint density at radius 3 is 2.80 bits per heavy atom. The third-order valence-corrected chi connectivity index (χ3v) is 8.52. The molecule has 1 aromatic carbocycles. The van der Waals surface area contributed by atoms with Crippen molar-refractivity contribution in [1.82, 2.24) is 10.2 Å². The maximum Gasteiger partial charge on any atom is 0.269 e. The maximum absolute atomic E-state index is 12.8. The summed E-state index contributed by atoms with van der Waals surface area (Å²) in [6.07, 6.45) is 8.39. The highest BCUT2D eigenvalue weighted by Gasteiger charge is 2.64. The third kappa shape index (κ3) is 2.84. The lowest BCUT2D eigenvalue weighted by Gasteiger charge is -2.42. The van der Waals surface area contributed by atoms with Crippen molar-refractivity contribution in [2.45, 2.75) is 68.4 Å². The average molecular weight is 409 g/mol. The van der Waals surface area contributed by atoms with E-state index in [2.05, 4.69) is 11.4 Å². The van der Waals surface area contributed by atoms with Crippen molar-refractivity contribution in [1.29, 1.82) is 5.26 Å². The second-order valence-electron chi connectivity index (χ2n) is 9.75. The van der Waals surface area contributed by atoms with Gasteiger partial charge in [0.05, 0.1) is 17.5 Å². The van der Waals surface area contributed by atoms with E-state index in [9.17, 15) is 20.2 Å². The van der Waals surface area contributed by atoms with Crippen molar-refractivity contribution in [3.63, 3.8) is 0 Å². The molecule has 1 heterocycles. The Balaban J connectivity index is 1.36. The Morgan fingerprint density at radius 1 is 1.27 bits per heavy atom. The lowest BCUT2D eigenvalue weighted by molar-refractivity contribution is -0.384. The van der Waals surface area contributed by atoms with Gasteiger partial charge in [-0.25, -0.2) is 0 Å². The van der Waals surface area contributed by atoms with Crippen LogP contribution in [0.2, 0.25) is 0 Å². The summed E-state index contributed by atoms with van der Waals surface area (Å²) >= 11 is 0. The summed E-state index contributed by atoms with van der Waals surface area (Å²) in [5.74, 6) is 1.20. The SMILES string of the molecule is N#C[C@@H]1CCCN1C(=O)CNC12CC3CC1CCCC3(c1ccc([N+](=O)[O-])cc1)C2. The third-order valence-electron chi connectivity index (χ3n) is 8.52. The molecule has 0 aromatic heterocycles. The van der Waals surface area contributed by atoms with E-state index in [0.29, 0.717) is 24.9 Å². The number of benzene rings is 1. The summed E-state index contributed by atoms with van der Waals surface area (Å²) in [6.45, 7) is 0.988. The Kier molecular flexibility index (Phi) is 4.59. The van der Waals surface area contributed by atoms with Gasteiger partial charge in [0.1, 0.15) is 6.04 Å². The molecule has 4 saturated carbocycles. The molecule has 5 fully saturated rings. The smallest absolute Gasteiger partial charge is 0.269 e. The zero-order valence-corrected chi connectivity index (χ0v) is 17.2. The molecule has 5 aliphatic rings. The Labute approximate surface area is 176 Å². The van der Waals surface area contributed by atoms with Crippen LogP contribution < -0.4 is 5.32 Å². The molecule has 1 N–H and O–H groups in total. The summed E-state index contributed by atoms with van der Waals surface area (Å²) in [7, 11) is 0. The second-order valence-corrected chi connectivity index (χ2v) is 9.75. The number of carbonyl (C=O) groups excluding carboxylic acids is 1. The molecule has 0 spiro atoms. The van der Waals surface area contributed by atoms with Gasteiger partial charge in [-0.05, 0) is 67.8 Å². The Morgan fingerprint density at radius 2 is 2.07 bits per heavy atom. The van der Waals surface area contributed by atoms with E-state index in [1.54, 1.807) is 17.0 Å². The first-order chi connectivity index (χ1) is 14.5. The monoisotopic (exact) mass is 408 g/mol. The molecule has 30 heavy (non-hydrogen) atoms. The van der Waals surface area contributed by atoms with Crippen molar-refractivity contribution in [3.8, 4) is 6.07 Å². The van der Waals surface area contributed by atoms with E-state index >= 15 is 0 Å². The highest BCUT2D eigenvalue weighted by Crippen LogP contribution is 2.66. The fraction of sp³-hybridized carbons (Fsp3) is 0.652. The second kappa shape index (κ2) is 7.05. The number of amides is 1. The van der Waals surface area contributed by atoms with Crippen LogP contribution in [0.3, 0.4) is 0 Å². The van der Waals surface area contributed by atoms with Crippen LogP contribution in [0, 0.1) is 33.3 Å². The van der Waals surface area contributed by atoms with Gasteiger partial charge >= 0.3 is 0 Å². The summed E-state index contributed by atoms with van der Waals surface area (Å²) in [4.78, 5) is 25.3. The van der Waals surface area contributed by atoms with E-state index in [0.717, 1.165) is 38.5 Å². The van der Waals surface area contributed by atoms with Gasteiger partial charge in [0.15, 0.2) is 0 Å². The van der Waals surface area contributed by atoms with Crippen LogP contribution in [0.25, 0.3) is 0 Å². The number of fused-ring (bicyclic) bond motifs is 2. The van der Waals surface area contributed by atoms with Gasteiger partial charge in [-0.15, -0.1) is 0 Å². The maximum atomic E-state index is 12.8. The number of likely N-dealkylation sites (tertiary alicyclic amines) is 1. The molecule has 1 aliphatic heterocycles. The first kappa shape index (κ1) is 19.5. The number of carbonyl (C=O) groups is 1. The standard InChI is InChI=1S/C23H28N4O3/c24-13-20-4-2-10-26(20)21(28)14-25-23-12-18-11-17(23)3-1-9-22(18,15-23)16-5-7-19(8-6-16)27(29)30/h5-8,17-18,20,25H,1-4,9-12,14-15H2/t17?,18?,20-,22?,23?/m0/s1.